The van der Waals surface area contributed by atoms with E-state index in [4.69, 9.17) is 16.0 Å². The third-order valence-electron chi connectivity index (χ3n) is 3.51. The molecule has 0 radical (unpaired) electrons. The van der Waals surface area contributed by atoms with Gasteiger partial charge in [-0.15, -0.1) is 21.8 Å². The van der Waals surface area contributed by atoms with Crippen LogP contribution < -0.4 is 0 Å². The van der Waals surface area contributed by atoms with E-state index < -0.39 is 0 Å². The summed E-state index contributed by atoms with van der Waals surface area (Å²) in [7, 11) is 0. The van der Waals surface area contributed by atoms with E-state index >= 15 is 0 Å². The summed E-state index contributed by atoms with van der Waals surface area (Å²) in [6.07, 6.45) is 0.667. The minimum Gasteiger partial charge on any atom is -0.423 e. The van der Waals surface area contributed by atoms with E-state index in [-0.39, 0.29) is 17.8 Å². The summed E-state index contributed by atoms with van der Waals surface area (Å²) in [4.78, 5) is 13.8. The molecule has 0 aliphatic carbocycles. The molecule has 0 bridgehead atoms. The van der Waals surface area contributed by atoms with Crippen LogP contribution >= 0.6 is 11.6 Å². The Morgan fingerprint density at radius 1 is 1.40 bits per heavy atom. The number of aromatic nitrogens is 2. The molecule has 104 valence electrons. The van der Waals surface area contributed by atoms with Gasteiger partial charge in [0.1, 0.15) is 11.9 Å². The smallest absolute Gasteiger partial charge is 0.239 e. The van der Waals surface area contributed by atoms with E-state index in [0.717, 1.165) is 5.56 Å². The summed E-state index contributed by atoms with van der Waals surface area (Å²) in [5, 5.41) is 7.91. The Morgan fingerprint density at radius 2 is 2.15 bits per heavy atom. The van der Waals surface area contributed by atoms with E-state index in [0.29, 0.717) is 24.7 Å². The molecule has 1 aliphatic heterocycles. The van der Waals surface area contributed by atoms with Crippen molar-refractivity contribution in [3.8, 4) is 0 Å². The largest absolute Gasteiger partial charge is 0.423 e. The zero-order valence-corrected chi connectivity index (χ0v) is 11.8. The molecule has 2 heterocycles. The van der Waals surface area contributed by atoms with Gasteiger partial charge in [-0.2, -0.15) is 0 Å². The summed E-state index contributed by atoms with van der Waals surface area (Å²) in [5.74, 6) is 0.792. The fraction of sp³-hybridized carbons (Fsp3) is 0.357. The SMILES string of the molecule is Cc1nnc(C2Cc3ccccc3CN2C(=O)CCl)o1. The molecule has 1 aromatic heterocycles. The highest BCUT2D eigenvalue weighted by Gasteiger charge is 2.33. The molecule has 1 atom stereocenters. The van der Waals surface area contributed by atoms with Crippen LogP contribution in [0, 0.1) is 6.92 Å². The lowest BCUT2D eigenvalue weighted by atomic mass is 9.94. The molecule has 0 spiro atoms. The second-order valence-electron chi connectivity index (χ2n) is 4.80. The number of nitrogens with zero attached hydrogens (tertiary/aromatic N) is 3. The summed E-state index contributed by atoms with van der Waals surface area (Å²) < 4.78 is 5.50. The van der Waals surface area contributed by atoms with E-state index in [9.17, 15) is 4.79 Å². The highest BCUT2D eigenvalue weighted by Crippen LogP contribution is 2.32. The van der Waals surface area contributed by atoms with Gasteiger partial charge < -0.3 is 9.32 Å². The molecule has 2 aromatic rings. The van der Waals surface area contributed by atoms with Gasteiger partial charge in [0.15, 0.2) is 0 Å². The maximum Gasteiger partial charge on any atom is 0.239 e. The van der Waals surface area contributed by atoms with Crippen LogP contribution in [0.2, 0.25) is 0 Å². The van der Waals surface area contributed by atoms with Crippen molar-refractivity contribution in [2.24, 2.45) is 0 Å². The predicted octanol–water partition coefficient (Wildman–Crippen LogP) is 2.24. The number of carbonyl (C=O) groups excluding carboxylic acids is 1. The average Bonchev–Trinajstić information content (AvgIpc) is 2.91. The standard InChI is InChI=1S/C14H14ClN3O2/c1-9-16-17-14(20-9)12-6-10-4-2-3-5-11(10)8-18(12)13(19)7-15/h2-5,12H,6-8H2,1H3. The first-order chi connectivity index (χ1) is 9.69. The first-order valence-corrected chi connectivity index (χ1v) is 6.94. The summed E-state index contributed by atoms with van der Waals surface area (Å²) >= 11 is 5.71. The van der Waals surface area contributed by atoms with Crippen LogP contribution in [0.3, 0.4) is 0 Å². The molecule has 1 aliphatic rings. The van der Waals surface area contributed by atoms with Crippen molar-refractivity contribution < 1.29 is 9.21 Å². The number of hydrogen-bond donors (Lipinski definition) is 0. The zero-order valence-electron chi connectivity index (χ0n) is 11.0. The number of hydrogen-bond acceptors (Lipinski definition) is 4. The zero-order chi connectivity index (χ0) is 14.1. The van der Waals surface area contributed by atoms with Crippen molar-refractivity contribution in [3.63, 3.8) is 0 Å². The van der Waals surface area contributed by atoms with Crippen LogP contribution in [0.15, 0.2) is 28.7 Å². The van der Waals surface area contributed by atoms with Crippen molar-refractivity contribution >= 4 is 17.5 Å². The normalized spacial score (nSPS) is 17.9. The maximum atomic E-state index is 12.1. The number of benzene rings is 1. The van der Waals surface area contributed by atoms with Gasteiger partial charge in [0.2, 0.25) is 17.7 Å². The van der Waals surface area contributed by atoms with Crippen LogP contribution in [0.25, 0.3) is 0 Å². The lowest BCUT2D eigenvalue weighted by molar-refractivity contribution is -0.132. The molecule has 0 N–H and O–H groups in total. The molecule has 0 fully saturated rings. The summed E-state index contributed by atoms with van der Waals surface area (Å²) in [6.45, 7) is 2.26. The average molecular weight is 292 g/mol. The lowest BCUT2D eigenvalue weighted by Crippen LogP contribution is -2.39. The highest BCUT2D eigenvalue weighted by atomic mass is 35.5. The number of halogens is 1. The Hall–Kier alpha value is -1.88. The maximum absolute atomic E-state index is 12.1. The molecule has 1 amide bonds. The van der Waals surface area contributed by atoms with Crippen molar-refractivity contribution in [3.05, 3.63) is 47.2 Å². The fourth-order valence-electron chi connectivity index (χ4n) is 2.53. The number of fused-ring (bicyclic) bond motifs is 1. The van der Waals surface area contributed by atoms with Gasteiger partial charge in [-0.3, -0.25) is 4.79 Å². The number of alkyl halides is 1. The minimum atomic E-state index is -0.239. The van der Waals surface area contributed by atoms with Gasteiger partial charge >= 0.3 is 0 Å². The van der Waals surface area contributed by atoms with Gasteiger partial charge in [0, 0.05) is 19.9 Å². The predicted molar refractivity (Wildman–Crippen MR) is 73.2 cm³/mol. The van der Waals surface area contributed by atoms with E-state index in [1.165, 1.54) is 5.56 Å². The first kappa shape index (κ1) is 13.1. The van der Waals surface area contributed by atoms with Crippen LogP contribution in [0.1, 0.15) is 29.0 Å². The Bertz CT molecular complexity index is 641. The van der Waals surface area contributed by atoms with Gasteiger partial charge in [-0.1, -0.05) is 24.3 Å². The van der Waals surface area contributed by atoms with E-state index in [1.54, 1.807) is 11.8 Å². The summed E-state index contributed by atoms with van der Waals surface area (Å²) in [5.41, 5.74) is 2.34. The van der Waals surface area contributed by atoms with Crippen molar-refractivity contribution in [1.82, 2.24) is 15.1 Å². The molecule has 5 nitrogen and oxygen atoms in total. The number of carbonyl (C=O) groups is 1. The van der Waals surface area contributed by atoms with E-state index in [2.05, 4.69) is 16.3 Å². The highest BCUT2D eigenvalue weighted by molar-refractivity contribution is 6.27. The number of rotatable bonds is 2. The monoisotopic (exact) mass is 291 g/mol. The fourth-order valence-corrected chi connectivity index (χ4v) is 2.68. The van der Waals surface area contributed by atoms with Crippen LogP contribution in [0.4, 0.5) is 0 Å². The molecular weight excluding hydrogens is 278 g/mol. The van der Waals surface area contributed by atoms with E-state index in [1.807, 2.05) is 18.2 Å². The van der Waals surface area contributed by atoms with Gasteiger partial charge in [-0.25, -0.2) is 0 Å². The molecule has 0 saturated carbocycles. The Labute approximate surface area is 121 Å². The second-order valence-corrected chi connectivity index (χ2v) is 5.07. The second kappa shape index (κ2) is 5.25. The topological polar surface area (TPSA) is 59.2 Å². The van der Waals surface area contributed by atoms with Crippen LogP contribution in [0.5, 0.6) is 0 Å². The molecule has 6 heteroatoms. The quantitative estimate of drug-likeness (QED) is 0.796. The Balaban J connectivity index is 1.99. The molecule has 20 heavy (non-hydrogen) atoms. The number of amides is 1. The van der Waals surface area contributed by atoms with Crippen LogP contribution in [-0.4, -0.2) is 26.9 Å². The van der Waals surface area contributed by atoms with Crippen LogP contribution in [-0.2, 0) is 17.8 Å². The number of aryl methyl sites for hydroxylation is 1. The first-order valence-electron chi connectivity index (χ1n) is 6.41. The van der Waals surface area contributed by atoms with Gasteiger partial charge in [0.05, 0.1) is 0 Å². The molecule has 1 aromatic carbocycles. The third kappa shape index (κ3) is 2.29. The van der Waals surface area contributed by atoms with Crippen molar-refractivity contribution in [1.29, 1.82) is 0 Å². The molecule has 1 unspecified atom stereocenters. The minimum absolute atomic E-state index is 0.0498. The van der Waals surface area contributed by atoms with Crippen molar-refractivity contribution in [2.75, 3.05) is 5.88 Å². The Kier molecular flexibility index (Phi) is 3.44. The Morgan fingerprint density at radius 3 is 2.80 bits per heavy atom. The molecular formula is C14H14ClN3O2. The van der Waals surface area contributed by atoms with Crippen molar-refractivity contribution in [2.45, 2.75) is 25.9 Å². The lowest BCUT2D eigenvalue weighted by Gasteiger charge is -2.34. The van der Waals surface area contributed by atoms with Gasteiger partial charge in [0.25, 0.3) is 0 Å². The van der Waals surface area contributed by atoms with Gasteiger partial charge in [-0.05, 0) is 11.1 Å². The molecule has 0 saturated heterocycles. The summed E-state index contributed by atoms with van der Waals surface area (Å²) in [6, 6.07) is 7.82. The molecule has 3 rings (SSSR count). The third-order valence-corrected chi connectivity index (χ3v) is 3.74.